The fourth-order valence-corrected chi connectivity index (χ4v) is 6.70. The second-order valence-corrected chi connectivity index (χ2v) is 13.4. The maximum atomic E-state index is 14.0. The zero-order chi connectivity index (χ0) is 39.3. The molecule has 2 fully saturated rings. The quantitative estimate of drug-likeness (QED) is 0.0730. The van der Waals surface area contributed by atoms with Crippen LogP contribution < -0.4 is 9.47 Å². The number of carbonyl (C=O) groups excluding carboxylic acids is 5. The molecule has 5 aromatic rings. The topological polar surface area (TPSA) is 142 Å². The van der Waals surface area contributed by atoms with Gasteiger partial charge in [0, 0.05) is 18.7 Å². The number of amides is 2. The number of nitrogens with zero attached hydrogens (tertiary/aromatic N) is 2. The molecule has 7 rings (SSSR count). The SMILES string of the molecule is COc1ccc(C(=O)O[C@H]2C(=O)N(Cc3ccccc3)[C@H]2C(=O)/C=C(\C)c2coc([C@H]3[C@@H](OC(=O)c4ccc(OC)cc4)C(=O)N3Cc3ccccc3)c2)cc1. The molecule has 0 spiro atoms. The van der Waals surface area contributed by atoms with Gasteiger partial charge in [0.1, 0.15) is 29.3 Å². The van der Waals surface area contributed by atoms with Crippen LogP contribution in [0.25, 0.3) is 5.57 Å². The summed E-state index contributed by atoms with van der Waals surface area (Å²) in [6.07, 6.45) is 0.340. The highest BCUT2D eigenvalue weighted by molar-refractivity contribution is 6.10. The predicted molar refractivity (Wildman–Crippen MR) is 202 cm³/mol. The molecule has 12 heteroatoms. The lowest BCUT2D eigenvalue weighted by Crippen LogP contribution is -2.68. The van der Waals surface area contributed by atoms with Gasteiger partial charge in [0.15, 0.2) is 5.78 Å². The maximum Gasteiger partial charge on any atom is 0.339 e. The molecule has 4 atom stereocenters. The highest BCUT2D eigenvalue weighted by atomic mass is 16.6. The fourth-order valence-electron chi connectivity index (χ4n) is 6.70. The molecule has 284 valence electrons. The van der Waals surface area contributed by atoms with Gasteiger partial charge in [-0.25, -0.2) is 9.59 Å². The van der Waals surface area contributed by atoms with E-state index in [0.29, 0.717) is 28.4 Å². The maximum absolute atomic E-state index is 14.0. The summed E-state index contributed by atoms with van der Waals surface area (Å²) in [6.45, 7) is 2.09. The number of ketones is 1. The van der Waals surface area contributed by atoms with Crippen molar-refractivity contribution in [1.29, 1.82) is 0 Å². The van der Waals surface area contributed by atoms with E-state index in [9.17, 15) is 24.0 Å². The summed E-state index contributed by atoms with van der Waals surface area (Å²) in [5.74, 6) is -1.30. The molecule has 0 aliphatic carbocycles. The van der Waals surface area contributed by atoms with Crippen LogP contribution in [0.1, 0.15) is 56.1 Å². The first-order valence-electron chi connectivity index (χ1n) is 17.8. The smallest absolute Gasteiger partial charge is 0.339 e. The van der Waals surface area contributed by atoms with E-state index in [1.807, 2.05) is 60.7 Å². The molecule has 2 amide bonds. The molecule has 4 aromatic carbocycles. The summed E-state index contributed by atoms with van der Waals surface area (Å²) in [5, 5.41) is 0. The van der Waals surface area contributed by atoms with Crippen molar-refractivity contribution in [3.8, 4) is 11.5 Å². The number of methoxy groups -OCH3 is 2. The third-order valence-electron chi connectivity index (χ3n) is 9.83. The van der Waals surface area contributed by atoms with Gasteiger partial charge in [-0.15, -0.1) is 0 Å². The van der Waals surface area contributed by atoms with Crippen molar-refractivity contribution in [2.45, 2.75) is 44.3 Å². The molecular formula is C44H38N2O10. The number of furan rings is 1. The van der Waals surface area contributed by atoms with Crippen LogP contribution in [0.15, 0.2) is 132 Å². The lowest BCUT2D eigenvalue weighted by molar-refractivity contribution is -0.171. The summed E-state index contributed by atoms with van der Waals surface area (Å²) in [4.78, 5) is 70.1. The van der Waals surface area contributed by atoms with E-state index < -0.39 is 47.9 Å². The molecule has 3 heterocycles. The Morgan fingerprint density at radius 2 is 1.12 bits per heavy atom. The highest BCUT2D eigenvalue weighted by Crippen LogP contribution is 2.40. The zero-order valence-electron chi connectivity index (χ0n) is 30.8. The first-order chi connectivity index (χ1) is 27.1. The fraction of sp³-hybridized carbons (Fsp3) is 0.205. The lowest BCUT2D eigenvalue weighted by atomic mass is 9.90. The zero-order valence-corrected chi connectivity index (χ0v) is 30.8. The Bertz CT molecular complexity index is 2270. The standard InChI is InChI=1S/C44H38N2O10/c1-27(22-35(47)37-39(41(48)45(37)24-28-10-6-4-7-11-28)55-43(50)30-14-18-33(52-2)19-15-30)32-23-36(54-26-32)38-40(42(49)46(38)25-29-12-8-5-9-13-29)56-44(51)31-16-20-34(53-3)21-17-31/h4-23,26,37-40H,24-25H2,1-3H3/b27-22+/t37-,38-,39+,40+/m0/s1. The first kappa shape index (κ1) is 37.4. The van der Waals surface area contributed by atoms with Crippen LogP contribution in [0.2, 0.25) is 0 Å². The van der Waals surface area contributed by atoms with Gasteiger partial charge in [0.05, 0.1) is 31.6 Å². The van der Waals surface area contributed by atoms with Crippen LogP contribution in [-0.4, -0.2) is 71.8 Å². The average molecular weight is 755 g/mol. The largest absolute Gasteiger partial charge is 0.497 e. The number of likely N-dealkylation sites (tertiary alicyclic amines) is 2. The van der Waals surface area contributed by atoms with Crippen molar-refractivity contribution < 1.29 is 47.3 Å². The summed E-state index contributed by atoms with van der Waals surface area (Å²) < 4.78 is 27.7. The molecule has 1 aromatic heterocycles. The molecule has 2 saturated heterocycles. The van der Waals surface area contributed by atoms with Gasteiger partial charge in [-0.1, -0.05) is 60.7 Å². The van der Waals surface area contributed by atoms with E-state index in [4.69, 9.17) is 23.4 Å². The molecule has 56 heavy (non-hydrogen) atoms. The molecular weight excluding hydrogens is 716 g/mol. The third-order valence-corrected chi connectivity index (χ3v) is 9.83. The minimum Gasteiger partial charge on any atom is -0.497 e. The minimum absolute atomic E-state index is 0.138. The number of rotatable bonds is 14. The molecule has 0 bridgehead atoms. The van der Waals surface area contributed by atoms with Crippen molar-refractivity contribution in [1.82, 2.24) is 9.80 Å². The summed E-state index contributed by atoms with van der Waals surface area (Å²) >= 11 is 0. The van der Waals surface area contributed by atoms with Crippen molar-refractivity contribution >= 4 is 35.1 Å². The third kappa shape index (κ3) is 7.67. The van der Waals surface area contributed by atoms with Crippen molar-refractivity contribution in [3.63, 3.8) is 0 Å². The number of hydrogen-bond donors (Lipinski definition) is 0. The van der Waals surface area contributed by atoms with E-state index >= 15 is 0 Å². The Morgan fingerprint density at radius 1 is 0.643 bits per heavy atom. The van der Waals surface area contributed by atoms with Crippen molar-refractivity contribution in [3.05, 3.63) is 161 Å². The molecule has 2 aliphatic rings. The highest BCUT2D eigenvalue weighted by Gasteiger charge is 2.54. The molecule has 0 radical (unpaired) electrons. The van der Waals surface area contributed by atoms with E-state index in [0.717, 1.165) is 11.1 Å². The van der Waals surface area contributed by atoms with E-state index in [2.05, 4.69) is 0 Å². The molecule has 12 nitrogen and oxygen atoms in total. The Hall–Kier alpha value is -6.95. The van der Waals surface area contributed by atoms with Crippen LogP contribution in [0.5, 0.6) is 11.5 Å². The number of hydrogen-bond acceptors (Lipinski definition) is 10. The van der Waals surface area contributed by atoms with Crippen LogP contribution in [0.4, 0.5) is 0 Å². The summed E-state index contributed by atoms with van der Waals surface area (Å²) in [7, 11) is 3.02. The van der Waals surface area contributed by atoms with E-state index in [-0.39, 0.29) is 30.1 Å². The Labute approximate surface area is 322 Å². The van der Waals surface area contributed by atoms with Crippen molar-refractivity contribution in [2.75, 3.05) is 14.2 Å². The number of ether oxygens (including phenoxy) is 4. The Kier molecular flexibility index (Phi) is 10.8. The second-order valence-electron chi connectivity index (χ2n) is 13.4. The minimum atomic E-state index is -1.33. The summed E-state index contributed by atoms with van der Waals surface area (Å²) in [5.41, 5.74) is 3.15. The van der Waals surface area contributed by atoms with Crippen LogP contribution in [-0.2, 0) is 36.9 Å². The van der Waals surface area contributed by atoms with Gasteiger partial charge in [-0.05, 0) is 84.3 Å². The Morgan fingerprint density at radius 3 is 1.64 bits per heavy atom. The van der Waals surface area contributed by atoms with Gasteiger partial charge < -0.3 is 33.2 Å². The van der Waals surface area contributed by atoms with Gasteiger partial charge in [0.25, 0.3) is 11.8 Å². The Balaban J connectivity index is 1.12. The molecule has 0 unspecified atom stereocenters. The number of β-lactam (4-membered cyclic amide) rings is 2. The van der Waals surface area contributed by atoms with Gasteiger partial charge in [-0.3, -0.25) is 14.4 Å². The molecule has 0 N–H and O–H groups in total. The van der Waals surface area contributed by atoms with Crippen LogP contribution >= 0.6 is 0 Å². The van der Waals surface area contributed by atoms with Crippen LogP contribution in [0.3, 0.4) is 0 Å². The molecule has 0 saturated carbocycles. The number of allylic oxidation sites excluding steroid dienone is 1. The average Bonchev–Trinajstić information content (AvgIpc) is 3.72. The first-order valence-corrected chi connectivity index (χ1v) is 17.8. The monoisotopic (exact) mass is 754 g/mol. The lowest BCUT2D eigenvalue weighted by Gasteiger charge is -2.45. The summed E-state index contributed by atoms with van der Waals surface area (Å²) in [6, 6.07) is 31.0. The van der Waals surface area contributed by atoms with Gasteiger partial charge in [-0.2, -0.15) is 0 Å². The van der Waals surface area contributed by atoms with Gasteiger partial charge in [0.2, 0.25) is 12.2 Å². The predicted octanol–water partition coefficient (Wildman–Crippen LogP) is 6.21. The van der Waals surface area contributed by atoms with Crippen molar-refractivity contribution in [2.24, 2.45) is 0 Å². The van der Waals surface area contributed by atoms with Crippen LogP contribution in [0, 0.1) is 0 Å². The molecule has 2 aliphatic heterocycles. The number of esters is 2. The van der Waals surface area contributed by atoms with E-state index in [1.54, 1.807) is 54.3 Å². The van der Waals surface area contributed by atoms with Gasteiger partial charge >= 0.3 is 11.9 Å². The van der Waals surface area contributed by atoms with E-state index in [1.165, 1.54) is 43.6 Å². The number of carbonyl (C=O) groups is 5. The second kappa shape index (κ2) is 16.2. The normalized spacial score (nSPS) is 19.1. The number of benzene rings is 4.